The average molecular weight is 186 g/mol. The molecule has 1 saturated heterocycles. The standard InChI is InChI=1S/C10H22N2O/c1-2-11-10(6-8-13)9-5-3-4-7-12-9/h9-13H,2-8H2,1H3. The molecular formula is C10H22N2O. The zero-order valence-electron chi connectivity index (χ0n) is 8.55. The lowest BCUT2D eigenvalue weighted by Gasteiger charge is -2.31. The van der Waals surface area contributed by atoms with E-state index in [1.54, 1.807) is 0 Å². The first-order valence-corrected chi connectivity index (χ1v) is 5.46. The highest BCUT2D eigenvalue weighted by molar-refractivity contribution is 4.84. The van der Waals surface area contributed by atoms with Crippen LogP contribution in [0.3, 0.4) is 0 Å². The van der Waals surface area contributed by atoms with Crippen molar-refractivity contribution in [1.29, 1.82) is 0 Å². The first kappa shape index (κ1) is 11.0. The molecule has 1 heterocycles. The molecule has 0 aliphatic carbocycles. The second-order valence-electron chi connectivity index (χ2n) is 3.73. The molecule has 1 fully saturated rings. The number of nitrogens with one attached hydrogen (secondary N) is 2. The van der Waals surface area contributed by atoms with Gasteiger partial charge in [-0.25, -0.2) is 0 Å². The highest BCUT2D eigenvalue weighted by Gasteiger charge is 2.21. The quantitative estimate of drug-likeness (QED) is 0.585. The summed E-state index contributed by atoms with van der Waals surface area (Å²) in [6, 6.07) is 1.02. The van der Waals surface area contributed by atoms with Gasteiger partial charge < -0.3 is 15.7 Å². The summed E-state index contributed by atoms with van der Waals surface area (Å²) in [5.41, 5.74) is 0. The van der Waals surface area contributed by atoms with Crippen molar-refractivity contribution < 1.29 is 5.11 Å². The van der Waals surface area contributed by atoms with Crippen molar-refractivity contribution in [2.24, 2.45) is 0 Å². The van der Waals surface area contributed by atoms with Gasteiger partial charge in [0.25, 0.3) is 0 Å². The molecule has 0 radical (unpaired) electrons. The van der Waals surface area contributed by atoms with E-state index in [1.807, 2.05) is 0 Å². The number of likely N-dealkylation sites (N-methyl/N-ethyl adjacent to an activating group) is 1. The third kappa shape index (κ3) is 3.63. The predicted molar refractivity (Wildman–Crippen MR) is 54.8 cm³/mol. The monoisotopic (exact) mass is 186 g/mol. The maximum atomic E-state index is 8.93. The topological polar surface area (TPSA) is 44.3 Å². The molecule has 0 aromatic carbocycles. The Bertz CT molecular complexity index is 118. The number of rotatable bonds is 5. The van der Waals surface area contributed by atoms with E-state index < -0.39 is 0 Å². The van der Waals surface area contributed by atoms with Gasteiger partial charge in [0.05, 0.1) is 0 Å². The minimum atomic E-state index is 0.288. The molecule has 0 amide bonds. The molecule has 3 nitrogen and oxygen atoms in total. The average Bonchev–Trinajstić information content (AvgIpc) is 2.19. The smallest absolute Gasteiger partial charge is 0.0446 e. The molecule has 0 bridgehead atoms. The molecule has 1 aliphatic heterocycles. The van der Waals surface area contributed by atoms with Crippen molar-refractivity contribution in [2.75, 3.05) is 19.7 Å². The fourth-order valence-corrected chi connectivity index (χ4v) is 2.07. The van der Waals surface area contributed by atoms with Crippen molar-refractivity contribution in [3.8, 4) is 0 Å². The zero-order valence-corrected chi connectivity index (χ0v) is 8.55. The summed E-state index contributed by atoms with van der Waals surface area (Å²) >= 11 is 0. The highest BCUT2D eigenvalue weighted by atomic mass is 16.3. The minimum Gasteiger partial charge on any atom is -0.396 e. The van der Waals surface area contributed by atoms with Gasteiger partial charge in [-0.1, -0.05) is 13.3 Å². The Labute approximate surface area is 80.9 Å². The molecule has 1 rings (SSSR count). The maximum Gasteiger partial charge on any atom is 0.0446 e. The summed E-state index contributed by atoms with van der Waals surface area (Å²) in [4.78, 5) is 0. The molecule has 0 aromatic rings. The largest absolute Gasteiger partial charge is 0.396 e. The van der Waals surface area contributed by atoms with Gasteiger partial charge in [0.15, 0.2) is 0 Å². The number of aliphatic hydroxyl groups excluding tert-OH is 1. The first-order valence-electron chi connectivity index (χ1n) is 5.46. The first-order chi connectivity index (χ1) is 6.38. The number of hydrogen-bond donors (Lipinski definition) is 3. The molecule has 0 spiro atoms. The second kappa shape index (κ2) is 6.35. The van der Waals surface area contributed by atoms with Crippen molar-refractivity contribution in [1.82, 2.24) is 10.6 Å². The summed E-state index contributed by atoms with van der Waals surface area (Å²) in [5, 5.41) is 15.9. The zero-order chi connectivity index (χ0) is 9.52. The van der Waals surface area contributed by atoms with E-state index in [0.29, 0.717) is 12.1 Å². The van der Waals surface area contributed by atoms with Crippen molar-refractivity contribution in [3.63, 3.8) is 0 Å². The van der Waals surface area contributed by atoms with Crippen LogP contribution < -0.4 is 10.6 Å². The Hall–Kier alpha value is -0.120. The van der Waals surface area contributed by atoms with Crippen LogP contribution in [0, 0.1) is 0 Å². The van der Waals surface area contributed by atoms with Crippen LogP contribution in [0.25, 0.3) is 0 Å². The lowest BCUT2D eigenvalue weighted by atomic mass is 9.96. The van der Waals surface area contributed by atoms with Gasteiger partial charge in [-0.3, -0.25) is 0 Å². The van der Waals surface area contributed by atoms with E-state index in [0.717, 1.165) is 19.5 Å². The van der Waals surface area contributed by atoms with Gasteiger partial charge >= 0.3 is 0 Å². The Morgan fingerprint density at radius 3 is 2.92 bits per heavy atom. The van der Waals surface area contributed by atoms with Gasteiger partial charge in [-0.2, -0.15) is 0 Å². The van der Waals surface area contributed by atoms with Gasteiger partial charge in [0, 0.05) is 18.7 Å². The van der Waals surface area contributed by atoms with Crippen LogP contribution in [0.2, 0.25) is 0 Å². The van der Waals surface area contributed by atoms with Crippen LogP contribution >= 0.6 is 0 Å². The molecule has 2 unspecified atom stereocenters. The van der Waals surface area contributed by atoms with Crippen molar-refractivity contribution >= 4 is 0 Å². The minimum absolute atomic E-state index is 0.288. The van der Waals surface area contributed by atoms with Crippen LogP contribution in [0.1, 0.15) is 32.6 Å². The lowest BCUT2D eigenvalue weighted by Crippen LogP contribution is -2.50. The van der Waals surface area contributed by atoms with Crippen LogP contribution in [0.5, 0.6) is 0 Å². The molecule has 3 heteroatoms. The Kier molecular flexibility index (Phi) is 5.35. The van der Waals surface area contributed by atoms with E-state index in [4.69, 9.17) is 5.11 Å². The normalized spacial score (nSPS) is 25.8. The van der Waals surface area contributed by atoms with Crippen molar-refractivity contribution in [2.45, 2.75) is 44.7 Å². The lowest BCUT2D eigenvalue weighted by molar-refractivity contribution is 0.230. The summed E-state index contributed by atoms with van der Waals surface area (Å²) in [6.07, 6.45) is 4.74. The van der Waals surface area contributed by atoms with Gasteiger partial charge in [-0.15, -0.1) is 0 Å². The van der Waals surface area contributed by atoms with E-state index in [1.165, 1.54) is 19.3 Å². The van der Waals surface area contributed by atoms with Gasteiger partial charge in [0.2, 0.25) is 0 Å². The van der Waals surface area contributed by atoms with Crippen LogP contribution in [0.4, 0.5) is 0 Å². The van der Waals surface area contributed by atoms with Gasteiger partial charge in [-0.05, 0) is 32.4 Å². The molecule has 78 valence electrons. The van der Waals surface area contributed by atoms with Crippen LogP contribution in [-0.4, -0.2) is 36.9 Å². The van der Waals surface area contributed by atoms with Crippen LogP contribution in [0.15, 0.2) is 0 Å². The third-order valence-electron chi connectivity index (χ3n) is 2.74. The number of hydrogen-bond acceptors (Lipinski definition) is 3. The molecule has 0 aromatic heterocycles. The summed E-state index contributed by atoms with van der Waals surface area (Å²) < 4.78 is 0. The highest BCUT2D eigenvalue weighted by Crippen LogP contribution is 2.12. The van der Waals surface area contributed by atoms with Crippen molar-refractivity contribution in [3.05, 3.63) is 0 Å². The number of piperidine rings is 1. The molecule has 3 N–H and O–H groups in total. The Balaban J connectivity index is 2.32. The summed E-state index contributed by atoms with van der Waals surface area (Å²) in [7, 11) is 0. The van der Waals surface area contributed by atoms with E-state index in [2.05, 4.69) is 17.6 Å². The summed E-state index contributed by atoms with van der Waals surface area (Å²) in [5.74, 6) is 0. The molecule has 1 aliphatic rings. The van der Waals surface area contributed by atoms with Crippen LogP contribution in [-0.2, 0) is 0 Å². The number of aliphatic hydroxyl groups is 1. The van der Waals surface area contributed by atoms with E-state index >= 15 is 0 Å². The maximum absolute atomic E-state index is 8.93. The molecule has 2 atom stereocenters. The summed E-state index contributed by atoms with van der Waals surface area (Å²) in [6.45, 7) is 4.53. The van der Waals surface area contributed by atoms with E-state index in [-0.39, 0.29) is 6.61 Å². The van der Waals surface area contributed by atoms with E-state index in [9.17, 15) is 0 Å². The second-order valence-corrected chi connectivity index (χ2v) is 3.73. The molecular weight excluding hydrogens is 164 g/mol. The Morgan fingerprint density at radius 1 is 1.54 bits per heavy atom. The SMILES string of the molecule is CCNC(CCO)C1CCCCN1. The Morgan fingerprint density at radius 2 is 2.38 bits per heavy atom. The molecule has 13 heavy (non-hydrogen) atoms. The predicted octanol–water partition coefficient (Wildman–Crippen LogP) is 0.489. The van der Waals surface area contributed by atoms with Gasteiger partial charge in [0.1, 0.15) is 0 Å². The third-order valence-corrected chi connectivity index (χ3v) is 2.74. The fourth-order valence-electron chi connectivity index (χ4n) is 2.07. The fraction of sp³-hybridized carbons (Fsp3) is 1.00. The molecule has 0 saturated carbocycles.